The molecule has 1 aliphatic heterocycles. The maximum Gasteiger partial charge on any atom is 0.321 e. The van der Waals surface area contributed by atoms with E-state index in [1.807, 2.05) is 13.8 Å². The highest BCUT2D eigenvalue weighted by Gasteiger charge is 2.69. The van der Waals surface area contributed by atoms with E-state index >= 15 is 0 Å². The van der Waals surface area contributed by atoms with Crippen LogP contribution in [0.2, 0.25) is 0 Å². The van der Waals surface area contributed by atoms with Crippen LogP contribution in [0.1, 0.15) is 46.2 Å². The van der Waals surface area contributed by atoms with E-state index in [0.717, 1.165) is 0 Å². The molecule has 3 amide bonds. The number of hydrogen-bond donors (Lipinski definition) is 2. The Morgan fingerprint density at radius 3 is 2.57 bits per heavy atom. The van der Waals surface area contributed by atoms with E-state index in [2.05, 4.69) is 26.7 Å². The van der Waals surface area contributed by atoms with Crippen LogP contribution >= 0.6 is 0 Å². The van der Waals surface area contributed by atoms with Gasteiger partial charge in [0, 0.05) is 43.0 Å². The summed E-state index contributed by atoms with van der Waals surface area (Å²) < 4.78 is 27.1. The number of nitriles is 1. The van der Waals surface area contributed by atoms with Crippen molar-refractivity contribution in [1.82, 2.24) is 25.5 Å². The topological polar surface area (TPSA) is 128 Å². The summed E-state index contributed by atoms with van der Waals surface area (Å²) in [7, 11) is 0. The number of aromatic nitrogens is 2. The minimum Gasteiger partial charge on any atom is -0.339 e. The number of rotatable bonds is 7. The van der Waals surface area contributed by atoms with E-state index in [1.54, 1.807) is 38.4 Å². The van der Waals surface area contributed by atoms with E-state index in [1.165, 1.54) is 11.1 Å². The number of nitrogens with one attached hydrogen (secondary N) is 2. The maximum absolute atomic E-state index is 13.6. The molecule has 2 aliphatic rings. The molecule has 0 aromatic carbocycles. The van der Waals surface area contributed by atoms with Gasteiger partial charge in [-0.2, -0.15) is 14.0 Å². The van der Waals surface area contributed by atoms with Crippen molar-refractivity contribution in [2.45, 2.75) is 58.7 Å². The Hall–Kier alpha value is -3.68. The molecule has 3 heterocycles. The molecule has 2 N–H and O–H groups in total. The van der Waals surface area contributed by atoms with Gasteiger partial charge in [-0.1, -0.05) is 27.7 Å². The zero-order chi connectivity index (χ0) is 27.3. The van der Waals surface area contributed by atoms with Crippen molar-refractivity contribution in [3.63, 3.8) is 0 Å². The minimum atomic E-state index is -3.65. The largest absolute Gasteiger partial charge is 0.339 e. The number of pyridine rings is 2. The van der Waals surface area contributed by atoms with Crippen LogP contribution in [-0.4, -0.2) is 57.1 Å². The highest BCUT2D eigenvalue weighted by molar-refractivity contribution is 5.95. The minimum absolute atomic E-state index is 0.0322. The molecule has 1 saturated heterocycles. The van der Waals surface area contributed by atoms with Crippen molar-refractivity contribution in [2.24, 2.45) is 23.2 Å². The van der Waals surface area contributed by atoms with E-state index in [-0.39, 0.29) is 23.8 Å². The number of halogens is 2. The Morgan fingerprint density at radius 1 is 1.24 bits per heavy atom. The summed E-state index contributed by atoms with van der Waals surface area (Å²) in [4.78, 5) is 49.0. The first kappa shape index (κ1) is 26.4. The molecular weight excluding hydrogens is 482 g/mol. The molecule has 1 aliphatic carbocycles. The first-order chi connectivity index (χ1) is 17.3. The van der Waals surface area contributed by atoms with E-state index in [0.29, 0.717) is 23.4 Å². The van der Waals surface area contributed by atoms with Crippen LogP contribution in [0.3, 0.4) is 0 Å². The maximum atomic E-state index is 13.6. The van der Waals surface area contributed by atoms with E-state index < -0.39 is 47.7 Å². The molecule has 5 atom stereocenters. The number of alkyl halides is 2. The van der Waals surface area contributed by atoms with Gasteiger partial charge in [-0.05, 0) is 35.3 Å². The molecule has 37 heavy (non-hydrogen) atoms. The Balaban J connectivity index is 1.61. The standard InChI is InChI=1S/C26H30F2N6O3/c1-13(2)19(33-24(37)26(5,27)28)23(36)34-12-16-18(25(16,3)4)21(34)22(35)32-17(9-29)15-11-30-10-14-7-6-8-31-20(14)15/h6-8,10-11,13,16-19,21H,12H2,1-5H3,(H,32,35)(H,33,37)/t16-,17?,18-,19-,21-/m0/s1. The zero-order valence-electron chi connectivity index (χ0n) is 21.3. The second-order valence-corrected chi connectivity index (χ2v) is 10.8. The molecular formula is C26H30F2N6O3. The molecule has 0 spiro atoms. The predicted octanol–water partition coefficient (Wildman–Crippen LogP) is 2.59. The Labute approximate surface area is 213 Å². The average molecular weight is 513 g/mol. The van der Waals surface area contributed by atoms with Crippen molar-refractivity contribution in [1.29, 1.82) is 5.26 Å². The number of hydrogen-bond acceptors (Lipinski definition) is 6. The van der Waals surface area contributed by atoms with Crippen LogP contribution in [0.5, 0.6) is 0 Å². The van der Waals surface area contributed by atoms with Crippen LogP contribution in [0, 0.1) is 34.5 Å². The van der Waals surface area contributed by atoms with Crippen LogP contribution in [0.4, 0.5) is 8.78 Å². The summed E-state index contributed by atoms with van der Waals surface area (Å²) in [5.74, 6) is -6.96. The highest BCUT2D eigenvalue weighted by Crippen LogP contribution is 2.65. The van der Waals surface area contributed by atoms with Crippen LogP contribution in [-0.2, 0) is 14.4 Å². The van der Waals surface area contributed by atoms with Crippen LogP contribution in [0.15, 0.2) is 30.7 Å². The second-order valence-electron chi connectivity index (χ2n) is 10.8. The van der Waals surface area contributed by atoms with Crippen LogP contribution in [0.25, 0.3) is 10.9 Å². The fraction of sp³-hybridized carbons (Fsp3) is 0.538. The van der Waals surface area contributed by atoms with E-state index in [9.17, 15) is 28.4 Å². The van der Waals surface area contributed by atoms with Crippen molar-refractivity contribution < 1.29 is 23.2 Å². The van der Waals surface area contributed by atoms with E-state index in [4.69, 9.17) is 0 Å². The first-order valence-corrected chi connectivity index (χ1v) is 12.2. The molecule has 11 heteroatoms. The molecule has 2 aromatic rings. The monoisotopic (exact) mass is 512 g/mol. The molecule has 2 fully saturated rings. The van der Waals surface area contributed by atoms with Crippen molar-refractivity contribution in [2.75, 3.05) is 6.54 Å². The summed E-state index contributed by atoms with van der Waals surface area (Å²) in [6.45, 7) is 8.00. The van der Waals surface area contributed by atoms with Gasteiger partial charge in [-0.15, -0.1) is 0 Å². The number of likely N-dealkylation sites (tertiary alicyclic amines) is 1. The lowest BCUT2D eigenvalue weighted by Gasteiger charge is -2.34. The second kappa shape index (κ2) is 9.32. The SMILES string of the molecule is CC(C)[C@H](NC(=O)C(C)(F)F)C(=O)N1C[C@H]2[C@@H]([C@H]1C(=O)NC(C#N)c1cncc3cccnc13)C2(C)C. The summed E-state index contributed by atoms with van der Waals surface area (Å²) in [5, 5.41) is 15.5. The third-order valence-corrected chi connectivity index (χ3v) is 7.64. The first-order valence-electron chi connectivity index (χ1n) is 12.2. The van der Waals surface area contributed by atoms with Crippen molar-refractivity contribution >= 4 is 28.6 Å². The van der Waals surface area contributed by atoms with Crippen molar-refractivity contribution in [3.8, 4) is 6.07 Å². The number of fused-ring (bicyclic) bond motifs is 2. The lowest BCUT2D eigenvalue weighted by Crippen LogP contribution is -2.58. The molecule has 196 valence electrons. The summed E-state index contributed by atoms with van der Waals surface area (Å²) in [6, 6.07) is 2.40. The summed E-state index contributed by atoms with van der Waals surface area (Å²) in [6.07, 6.45) is 4.66. The number of nitrogens with zero attached hydrogens (tertiary/aromatic N) is 4. The number of piperidine rings is 1. The number of carbonyl (C=O) groups excluding carboxylic acids is 3. The fourth-order valence-corrected chi connectivity index (χ4v) is 5.41. The van der Waals surface area contributed by atoms with Gasteiger partial charge in [0.05, 0.1) is 11.6 Å². The van der Waals surface area contributed by atoms with Gasteiger partial charge in [-0.25, -0.2) is 0 Å². The molecule has 1 saturated carbocycles. The fourth-order valence-electron chi connectivity index (χ4n) is 5.41. The summed E-state index contributed by atoms with van der Waals surface area (Å²) in [5.41, 5.74) is 0.738. The smallest absolute Gasteiger partial charge is 0.321 e. The molecule has 0 radical (unpaired) electrons. The predicted molar refractivity (Wildman–Crippen MR) is 130 cm³/mol. The van der Waals surface area contributed by atoms with Crippen LogP contribution < -0.4 is 10.6 Å². The molecule has 1 unspecified atom stereocenters. The van der Waals surface area contributed by atoms with Gasteiger partial charge < -0.3 is 15.5 Å². The van der Waals surface area contributed by atoms with Gasteiger partial charge in [0.15, 0.2) is 0 Å². The third kappa shape index (κ3) is 4.72. The Kier molecular flexibility index (Phi) is 6.65. The molecule has 0 bridgehead atoms. The lowest BCUT2D eigenvalue weighted by atomic mass is 9.96. The Bertz CT molecular complexity index is 1280. The van der Waals surface area contributed by atoms with Gasteiger partial charge in [-0.3, -0.25) is 24.4 Å². The number of amides is 3. The zero-order valence-corrected chi connectivity index (χ0v) is 21.3. The van der Waals surface area contributed by atoms with Gasteiger partial charge >= 0.3 is 5.92 Å². The Morgan fingerprint density at radius 2 is 1.95 bits per heavy atom. The quantitative estimate of drug-likeness (QED) is 0.587. The number of carbonyl (C=O) groups is 3. The third-order valence-electron chi connectivity index (χ3n) is 7.64. The molecule has 4 rings (SSSR count). The van der Waals surface area contributed by atoms with Gasteiger partial charge in [0.2, 0.25) is 11.8 Å². The van der Waals surface area contributed by atoms with Gasteiger partial charge in [0.1, 0.15) is 18.1 Å². The average Bonchev–Trinajstić information content (AvgIpc) is 3.17. The normalized spacial score (nSPS) is 23.6. The highest BCUT2D eigenvalue weighted by atomic mass is 19.3. The van der Waals surface area contributed by atoms with Gasteiger partial charge in [0.25, 0.3) is 5.91 Å². The molecule has 2 aromatic heterocycles. The lowest BCUT2D eigenvalue weighted by molar-refractivity contribution is -0.150. The van der Waals surface area contributed by atoms with Crippen molar-refractivity contribution in [3.05, 3.63) is 36.3 Å². The molecule has 9 nitrogen and oxygen atoms in total. The summed E-state index contributed by atoms with van der Waals surface area (Å²) >= 11 is 0.